The van der Waals surface area contributed by atoms with E-state index < -0.39 is 5.97 Å². The minimum atomic E-state index is -0.395. The first-order chi connectivity index (χ1) is 21.5. The Labute approximate surface area is 265 Å². The molecule has 0 amide bonds. The number of nitrogens with two attached hydrogens (primary N) is 1. The van der Waals surface area contributed by atoms with Crippen molar-refractivity contribution < 1.29 is 19.0 Å². The molecule has 2 aliphatic rings. The van der Waals surface area contributed by atoms with E-state index in [9.17, 15) is 4.79 Å². The molecule has 6 rings (SSSR count). The molecule has 3 heterocycles. The summed E-state index contributed by atoms with van der Waals surface area (Å²) in [4.78, 5) is 30.2. The van der Waals surface area contributed by atoms with Gasteiger partial charge in [0.25, 0.3) is 0 Å². The van der Waals surface area contributed by atoms with E-state index in [0.29, 0.717) is 43.1 Å². The van der Waals surface area contributed by atoms with Gasteiger partial charge in [0.15, 0.2) is 5.69 Å². The lowest BCUT2D eigenvalue weighted by molar-refractivity contribution is 0.0519. The standard InChI is InChI=1S/C32H35ClN6O4S/c1-2-42-31(40)27-20-44-28(35-27)19-41-16-15-38-11-13-39(14-12-38)30-26-9-5-22-17-24(43-18-21-3-6-23(33)7-4-21)8-10-25(22)29(26)36-32(34)37-30/h3-4,6-8,10,17,20H,2,5,9,11-16,18-19H2,1H3,(H2,34,36,37). The highest BCUT2D eigenvalue weighted by atomic mass is 35.5. The number of nitrogen functional groups attached to an aromatic ring is 1. The van der Waals surface area contributed by atoms with Gasteiger partial charge in [-0.05, 0) is 61.2 Å². The number of aromatic nitrogens is 3. The summed E-state index contributed by atoms with van der Waals surface area (Å²) in [5.74, 6) is 1.67. The summed E-state index contributed by atoms with van der Waals surface area (Å²) in [6, 6.07) is 13.9. The molecule has 2 aromatic heterocycles. The lowest BCUT2D eigenvalue weighted by atomic mass is 9.88. The maximum Gasteiger partial charge on any atom is 0.357 e. The van der Waals surface area contributed by atoms with Crippen LogP contribution in [0.4, 0.5) is 11.8 Å². The molecule has 10 nitrogen and oxygen atoms in total. The van der Waals surface area contributed by atoms with Crippen LogP contribution >= 0.6 is 22.9 Å². The summed E-state index contributed by atoms with van der Waals surface area (Å²) in [5, 5.41) is 3.20. The van der Waals surface area contributed by atoms with E-state index in [0.717, 1.165) is 84.5 Å². The molecule has 1 aliphatic carbocycles. The van der Waals surface area contributed by atoms with Crippen molar-refractivity contribution in [1.29, 1.82) is 0 Å². The van der Waals surface area contributed by atoms with Gasteiger partial charge in [-0.25, -0.2) is 14.8 Å². The fourth-order valence-electron chi connectivity index (χ4n) is 5.52. The quantitative estimate of drug-likeness (QED) is 0.178. The SMILES string of the molecule is CCOC(=O)c1csc(COCCN2CCN(c3nc(N)nc4c3CCc3cc(OCc5ccc(Cl)cc5)ccc3-4)CC2)n1. The number of carbonyl (C=O) groups is 1. The molecule has 1 aliphatic heterocycles. The van der Waals surface area contributed by atoms with Gasteiger partial charge in [0.2, 0.25) is 5.95 Å². The van der Waals surface area contributed by atoms with Crippen molar-refractivity contribution in [3.63, 3.8) is 0 Å². The highest BCUT2D eigenvalue weighted by Gasteiger charge is 2.27. The third-order valence-electron chi connectivity index (χ3n) is 7.78. The molecule has 1 fully saturated rings. The van der Waals surface area contributed by atoms with Crippen molar-refractivity contribution in [1.82, 2.24) is 19.9 Å². The van der Waals surface area contributed by atoms with Crippen molar-refractivity contribution in [3.05, 3.63) is 80.3 Å². The average Bonchev–Trinajstić information content (AvgIpc) is 3.52. The second-order valence-corrected chi connectivity index (χ2v) is 12.1. The Hall–Kier alpha value is -3.77. The van der Waals surface area contributed by atoms with Crippen LogP contribution in [0, 0.1) is 0 Å². The molecular formula is C32H35ClN6O4S. The highest BCUT2D eigenvalue weighted by Crippen LogP contribution is 2.38. The minimum absolute atomic E-state index is 0.291. The van der Waals surface area contributed by atoms with Gasteiger partial charge in [0, 0.05) is 54.3 Å². The zero-order chi connectivity index (χ0) is 30.5. The van der Waals surface area contributed by atoms with E-state index in [-0.39, 0.29) is 0 Å². The largest absolute Gasteiger partial charge is 0.489 e. The van der Waals surface area contributed by atoms with Gasteiger partial charge in [-0.1, -0.05) is 23.7 Å². The Morgan fingerprint density at radius 3 is 2.64 bits per heavy atom. The Morgan fingerprint density at radius 1 is 1.02 bits per heavy atom. The zero-order valence-corrected chi connectivity index (χ0v) is 26.2. The summed E-state index contributed by atoms with van der Waals surface area (Å²) in [6.45, 7) is 7.89. The Bertz CT molecular complexity index is 1610. The molecule has 0 radical (unpaired) electrons. The van der Waals surface area contributed by atoms with Gasteiger partial charge in [-0.2, -0.15) is 4.98 Å². The Kier molecular flexibility index (Phi) is 9.56. The molecule has 0 unspecified atom stereocenters. The second kappa shape index (κ2) is 13.9. The predicted octanol–water partition coefficient (Wildman–Crippen LogP) is 5.03. The highest BCUT2D eigenvalue weighted by molar-refractivity contribution is 7.09. The normalized spacial score (nSPS) is 14.6. The number of hydrogen-bond acceptors (Lipinski definition) is 11. The molecule has 2 N–H and O–H groups in total. The van der Waals surface area contributed by atoms with Crippen molar-refractivity contribution >= 4 is 40.7 Å². The maximum absolute atomic E-state index is 11.8. The number of thiazole rings is 1. The van der Waals surface area contributed by atoms with Crippen LogP contribution in [0.25, 0.3) is 11.3 Å². The fraction of sp³-hybridized carbons (Fsp3) is 0.375. The number of carbonyl (C=O) groups excluding carboxylic acids is 1. The summed E-state index contributed by atoms with van der Waals surface area (Å²) in [7, 11) is 0. The van der Waals surface area contributed by atoms with E-state index in [1.807, 2.05) is 30.3 Å². The maximum atomic E-state index is 11.8. The number of benzene rings is 2. The van der Waals surface area contributed by atoms with E-state index >= 15 is 0 Å². The number of fused-ring (bicyclic) bond motifs is 3. The summed E-state index contributed by atoms with van der Waals surface area (Å²) in [6.07, 6.45) is 1.74. The molecule has 230 valence electrons. The van der Waals surface area contributed by atoms with Crippen molar-refractivity contribution in [2.75, 3.05) is 56.6 Å². The summed E-state index contributed by atoms with van der Waals surface area (Å²) >= 11 is 7.41. The Morgan fingerprint density at radius 2 is 1.84 bits per heavy atom. The van der Waals surface area contributed by atoms with Gasteiger partial charge in [0.1, 0.15) is 23.2 Å². The molecule has 4 aromatic rings. The second-order valence-electron chi connectivity index (χ2n) is 10.7. The lowest BCUT2D eigenvalue weighted by Crippen LogP contribution is -2.48. The van der Waals surface area contributed by atoms with Crippen LogP contribution in [0.2, 0.25) is 5.02 Å². The topological polar surface area (TPSA) is 116 Å². The number of hydrogen-bond donors (Lipinski definition) is 1. The van der Waals surface area contributed by atoms with Crippen LogP contribution in [-0.2, 0) is 35.5 Å². The first-order valence-electron chi connectivity index (χ1n) is 14.8. The van der Waals surface area contributed by atoms with Crippen LogP contribution in [0.3, 0.4) is 0 Å². The molecule has 0 atom stereocenters. The molecule has 1 saturated heterocycles. The van der Waals surface area contributed by atoms with Gasteiger partial charge in [0.05, 0.1) is 25.5 Å². The van der Waals surface area contributed by atoms with Gasteiger partial charge >= 0.3 is 5.97 Å². The number of piperazine rings is 1. The van der Waals surface area contributed by atoms with Crippen LogP contribution in [0.15, 0.2) is 47.8 Å². The third-order valence-corrected chi connectivity index (χ3v) is 8.86. The smallest absolute Gasteiger partial charge is 0.357 e. The minimum Gasteiger partial charge on any atom is -0.489 e. The first kappa shape index (κ1) is 30.3. The number of halogens is 1. The summed E-state index contributed by atoms with van der Waals surface area (Å²) < 4.78 is 16.9. The molecule has 12 heteroatoms. The number of ether oxygens (including phenoxy) is 3. The molecule has 2 aromatic carbocycles. The first-order valence-corrected chi connectivity index (χ1v) is 16.1. The van der Waals surface area contributed by atoms with Crippen molar-refractivity contribution in [2.24, 2.45) is 0 Å². The fourth-order valence-corrected chi connectivity index (χ4v) is 6.35. The number of anilines is 2. The van der Waals surface area contributed by atoms with Gasteiger partial charge in [-0.15, -0.1) is 11.3 Å². The molecule has 0 spiro atoms. The van der Waals surface area contributed by atoms with Crippen molar-refractivity contribution in [2.45, 2.75) is 33.0 Å². The van der Waals surface area contributed by atoms with E-state index in [2.05, 4.69) is 31.9 Å². The van der Waals surface area contributed by atoms with Crippen LogP contribution in [0.5, 0.6) is 5.75 Å². The van der Waals surface area contributed by atoms with Gasteiger partial charge in [-0.3, -0.25) is 4.90 Å². The van der Waals surface area contributed by atoms with Crippen LogP contribution in [-0.4, -0.2) is 71.8 Å². The molecule has 0 saturated carbocycles. The average molecular weight is 635 g/mol. The van der Waals surface area contributed by atoms with Gasteiger partial charge < -0.3 is 24.8 Å². The molecule has 44 heavy (non-hydrogen) atoms. The Balaban J connectivity index is 1.03. The third kappa shape index (κ3) is 7.13. The van der Waals surface area contributed by atoms with Crippen LogP contribution < -0.4 is 15.4 Å². The number of rotatable bonds is 11. The van der Waals surface area contributed by atoms with E-state index in [1.54, 1.807) is 12.3 Å². The van der Waals surface area contributed by atoms with Crippen LogP contribution in [0.1, 0.15) is 39.1 Å². The summed E-state index contributed by atoms with van der Waals surface area (Å²) in [5.41, 5.74) is 12.0. The lowest BCUT2D eigenvalue weighted by Gasteiger charge is -2.37. The van der Waals surface area contributed by atoms with Crippen molar-refractivity contribution in [3.8, 4) is 17.0 Å². The zero-order valence-electron chi connectivity index (χ0n) is 24.6. The van der Waals surface area contributed by atoms with E-state index in [4.69, 9.17) is 36.5 Å². The number of nitrogens with zero attached hydrogens (tertiary/aromatic N) is 5. The molecular weight excluding hydrogens is 600 g/mol. The predicted molar refractivity (Wildman–Crippen MR) is 171 cm³/mol. The number of aryl methyl sites for hydroxylation is 1. The van der Waals surface area contributed by atoms with E-state index in [1.165, 1.54) is 16.9 Å². The monoisotopic (exact) mass is 634 g/mol. The number of esters is 1. The molecule has 0 bridgehead atoms.